The van der Waals surface area contributed by atoms with Crippen LogP contribution >= 0.6 is 11.8 Å². The van der Waals surface area contributed by atoms with E-state index in [0.717, 1.165) is 25.1 Å². The van der Waals surface area contributed by atoms with Crippen LogP contribution in [0.1, 0.15) is 30.4 Å². The lowest BCUT2D eigenvalue weighted by atomic mass is 9.84. The second-order valence-corrected chi connectivity index (χ2v) is 7.32. The largest absolute Gasteiger partial charge is 0.326 e. The summed E-state index contributed by atoms with van der Waals surface area (Å²) in [5.41, 5.74) is 3.56. The van der Waals surface area contributed by atoms with E-state index in [1.807, 2.05) is 17.8 Å². The molecule has 1 saturated heterocycles. The van der Waals surface area contributed by atoms with E-state index in [9.17, 15) is 4.79 Å². The van der Waals surface area contributed by atoms with E-state index in [1.165, 1.54) is 42.1 Å². The highest BCUT2D eigenvalue weighted by Crippen LogP contribution is 2.29. The number of nitrogens with one attached hydrogen (secondary N) is 1. The lowest BCUT2D eigenvalue weighted by Gasteiger charge is -2.28. The Balaban J connectivity index is 1.67. The first-order valence-corrected chi connectivity index (χ1v) is 9.09. The van der Waals surface area contributed by atoms with Gasteiger partial charge in [0.2, 0.25) is 5.91 Å². The molecule has 1 aromatic rings. The minimum absolute atomic E-state index is 0.205. The minimum Gasteiger partial charge on any atom is -0.326 e. The van der Waals surface area contributed by atoms with Crippen molar-refractivity contribution in [1.82, 2.24) is 4.90 Å². The highest BCUT2D eigenvalue weighted by molar-refractivity contribution is 7.99. The molecule has 0 bridgehead atoms. The third-order valence-corrected chi connectivity index (χ3v) is 5.62. The molecule has 0 radical (unpaired) electrons. The average molecular weight is 304 g/mol. The van der Waals surface area contributed by atoms with Crippen LogP contribution in [0.2, 0.25) is 0 Å². The van der Waals surface area contributed by atoms with Gasteiger partial charge in [-0.05, 0) is 37.0 Å². The Morgan fingerprint density at radius 1 is 1.33 bits per heavy atom. The van der Waals surface area contributed by atoms with Crippen LogP contribution in [0.15, 0.2) is 18.2 Å². The smallest absolute Gasteiger partial charge is 0.227 e. The molecule has 0 unspecified atom stereocenters. The summed E-state index contributed by atoms with van der Waals surface area (Å²) in [6, 6.07) is 6.29. The number of nitrogens with zero attached hydrogens (tertiary/aromatic N) is 1. The fraction of sp³-hybridized carbons (Fsp3) is 0.588. The van der Waals surface area contributed by atoms with Crippen LogP contribution in [-0.4, -0.2) is 35.4 Å². The lowest BCUT2D eigenvalue weighted by molar-refractivity contribution is -0.122. The maximum Gasteiger partial charge on any atom is 0.227 e. The van der Waals surface area contributed by atoms with E-state index in [2.05, 4.69) is 29.3 Å². The van der Waals surface area contributed by atoms with Crippen LogP contribution < -0.4 is 5.32 Å². The van der Waals surface area contributed by atoms with Gasteiger partial charge < -0.3 is 5.32 Å². The van der Waals surface area contributed by atoms with E-state index in [4.69, 9.17) is 0 Å². The van der Waals surface area contributed by atoms with Crippen molar-refractivity contribution in [2.24, 2.45) is 5.92 Å². The van der Waals surface area contributed by atoms with E-state index < -0.39 is 0 Å². The molecule has 0 aromatic heterocycles. The first kappa shape index (κ1) is 14.9. The molecule has 1 heterocycles. The van der Waals surface area contributed by atoms with Crippen molar-refractivity contribution in [3.05, 3.63) is 29.3 Å². The zero-order valence-electron chi connectivity index (χ0n) is 12.7. The van der Waals surface area contributed by atoms with Crippen LogP contribution in [0.3, 0.4) is 0 Å². The first-order chi connectivity index (χ1) is 10.2. The van der Waals surface area contributed by atoms with Gasteiger partial charge in [-0.3, -0.25) is 9.69 Å². The fourth-order valence-electron chi connectivity index (χ4n) is 2.90. The molecular weight excluding hydrogens is 280 g/mol. The third kappa shape index (κ3) is 3.61. The van der Waals surface area contributed by atoms with Crippen molar-refractivity contribution in [1.29, 1.82) is 0 Å². The van der Waals surface area contributed by atoms with Gasteiger partial charge in [0.15, 0.2) is 0 Å². The molecule has 4 heteroatoms. The summed E-state index contributed by atoms with van der Waals surface area (Å²) in [6.07, 6.45) is 3.30. The Kier molecular flexibility index (Phi) is 4.86. The molecule has 0 atom stereocenters. The molecule has 1 aliphatic carbocycles. The van der Waals surface area contributed by atoms with Crippen LogP contribution in [0.25, 0.3) is 0 Å². The standard InChI is InChI=1S/C17H24N2OS/c1-13-15(12-19-8-10-21-11-9-19)6-3-7-16(13)18-17(20)14-4-2-5-14/h3,6-7,14H,2,4-5,8-12H2,1H3,(H,18,20). The van der Waals surface area contributed by atoms with Gasteiger partial charge in [-0.25, -0.2) is 0 Å². The number of carbonyl (C=O) groups excluding carboxylic acids is 1. The Morgan fingerprint density at radius 2 is 2.10 bits per heavy atom. The first-order valence-electron chi connectivity index (χ1n) is 7.93. The van der Waals surface area contributed by atoms with Crippen LogP contribution in [0.5, 0.6) is 0 Å². The van der Waals surface area contributed by atoms with Crippen molar-refractivity contribution >= 4 is 23.4 Å². The number of carbonyl (C=O) groups is 1. The summed E-state index contributed by atoms with van der Waals surface area (Å²) in [7, 11) is 0. The number of anilines is 1. The van der Waals surface area contributed by atoms with Gasteiger partial charge in [0.1, 0.15) is 0 Å². The number of amides is 1. The summed E-state index contributed by atoms with van der Waals surface area (Å²) in [5, 5.41) is 3.13. The molecular formula is C17H24N2OS. The van der Waals surface area contributed by atoms with Crippen LogP contribution in [0, 0.1) is 12.8 Å². The lowest BCUT2D eigenvalue weighted by Crippen LogP contribution is -2.32. The normalized spacial score (nSPS) is 20.0. The SMILES string of the molecule is Cc1c(CN2CCSCC2)cccc1NC(=O)C1CCC1. The minimum atomic E-state index is 0.205. The Labute approximate surface area is 131 Å². The van der Waals surface area contributed by atoms with Crippen molar-refractivity contribution in [3.63, 3.8) is 0 Å². The number of thioether (sulfide) groups is 1. The topological polar surface area (TPSA) is 32.3 Å². The van der Waals surface area contributed by atoms with E-state index in [1.54, 1.807) is 0 Å². The predicted octanol–water partition coefficient (Wildman–Crippen LogP) is 3.28. The maximum atomic E-state index is 12.1. The van der Waals surface area contributed by atoms with Gasteiger partial charge in [0.05, 0.1) is 0 Å². The molecule has 0 spiro atoms. The van der Waals surface area contributed by atoms with Gasteiger partial charge in [0, 0.05) is 42.7 Å². The Hall–Kier alpha value is -1.00. The van der Waals surface area contributed by atoms with E-state index in [-0.39, 0.29) is 11.8 Å². The maximum absolute atomic E-state index is 12.1. The fourth-order valence-corrected chi connectivity index (χ4v) is 3.87. The van der Waals surface area contributed by atoms with Crippen molar-refractivity contribution in [2.75, 3.05) is 29.9 Å². The molecule has 1 amide bonds. The Morgan fingerprint density at radius 3 is 2.76 bits per heavy atom. The monoisotopic (exact) mass is 304 g/mol. The zero-order chi connectivity index (χ0) is 14.7. The summed E-state index contributed by atoms with van der Waals surface area (Å²) < 4.78 is 0. The molecule has 1 aliphatic heterocycles. The molecule has 2 fully saturated rings. The Bertz CT molecular complexity index is 508. The third-order valence-electron chi connectivity index (χ3n) is 4.68. The van der Waals surface area contributed by atoms with Gasteiger partial charge in [-0.15, -0.1) is 0 Å². The van der Waals surface area contributed by atoms with Gasteiger partial charge in [-0.2, -0.15) is 11.8 Å². The summed E-state index contributed by atoms with van der Waals surface area (Å²) in [6.45, 7) is 5.47. The summed E-state index contributed by atoms with van der Waals surface area (Å²) in [5.74, 6) is 2.91. The molecule has 2 aliphatic rings. The van der Waals surface area contributed by atoms with Gasteiger partial charge in [-0.1, -0.05) is 18.6 Å². The average Bonchev–Trinajstić information content (AvgIpc) is 2.42. The van der Waals surface area contributed by atoms with Crippen LogP contribution in [-0.2, 0) is 11.3 Å². The van der Waals surface area contributed by atoms with Gasteiger partial charge in [0.25, 0.3) is 0 Å². The van der Waals surface area contributed by atoms with Crippen molar-refractivity contribution in [3.8, 4) is 0 Å². The highest BCUT2D eigenvalue weighted by atomic mass is 32.2. The zero-order valence-corrected chi connectivity index (χ0v) is 13.5. The molecule has 114 valence electrons. The second kappa shape index (κ2) is 6.84. The van der Waals surface area contributed by atoms with Gasteiger partial charge >= 0.3 is 0 Å². The number of rotatable bonds is 4. The number of hydrogen-bond acceptors (Lipinski definition) is 3. The summed E-state index contributed by atoms with van der Waals surface area (Å²) >= 11 is 2.04. The molecule has 3 rings (SSSR count). The van der Waals surface area contributed by atoms with Crippen LogP contribution in [0.4, 0.5) is 5.69 Å². The molecule has 1 aromatic carbocycles. The quantitative estimate of drug-likeness (QED) is 0.926. The second-order valence-electron chi connectivity index (χ2n) is 6.10. The molecule has 1 saturated carbocycles. The predicted molar refractivity (Wildman–Crippen MR) is 89.8 cm³/mol. The molecule has 3 nitrogen and oxygen atoms in total. The van der Waals surface area contributed by atoms with E-state index >= 15 is 0 Å². The summed E-state index contributed by atoms with van der Waals surface area (Å²) in [4.78, 5) is 14.6. The molecule has 1 N–H and O–H groups in total. The van der Waals surface area contributed by atoms with Crippen molar-refractivity contribution < 1.29 is 4.79 Å². The van der Waals surface area contributed by atoms with E-state index in [0.29, 0.717) is 0 Å². The molecule has 21 heavy (non-hydrogen) atoms. The van der Waals surface area contributed by atoms with Crippen molar-refractivity contribution in [2.45, 2.75) is 32.7 Å². The number of hydrogen-bond donors (Lipinski definition) is 1. The highest BCUT2D eigenvalue weighted by Gasteiger charge is 2.25. The number of benzene rings is 1.